The zero-order chi connectivity index (χ0) is 16.7. The average molecular weight is 348 g/mol. The molecule has 0 N–H and O–H groups in total. The molecule has 0 fully saturated rings. The van der Waals surface area contributed by atoms with Crippen LogP contribution in [0.5, 0.6) is 11.5 Å². The van der Waals surface area contributed by atoms with Crippen molar-refractivity contribution in [3.05, 3.63) is 52.0 Å². The molecular formula is C18H15Cl2NO2. The van der Waals surface area contributed by atoms with Crippen LogP contribution in [0, 0.1) is 12.3 Å². The number of halogens is 2. The van der Waals surface area contributed by atoms with Gasteiger partial charge in [-0.05, 0) is 48.9 Å². The lowest BCUT2D eigenvalue weighted by molar-refractivity contribution is 0.340. The summed E-state index contributed by atoms with van der Waals surface area (Å²) in [5.41, 5.74) is 1.57. The van der Waals surface area contributed by atoms with E-state index in [-0.39, 0.29) is 6.61 Å². The topological polar surface area (TPSA) is 30.8 Å². The van der Waals surface area contributed by atoms with E-state index < -0.39 is 0 Å². The first-order chi connectivity index (χ1) is 11.1. The van der Waals surface area contributed by atoms with Crippen LogP contribution >= 0.6 is 23.2 Å². The lowest BCUT2D eigenvalue weighted by Crippen LogP contribution is -1.96. The van der Waals surface area contributed by atoms with Crippen molar-refractivity contribution >= 4 is 35.1 Å². The Labute approximate surface area is 145 Å². The van der Waals surface area contributed by atoms with Crippen LogP contribution in [0.1, 0.15) is 12.5 Å². The predicted molar refractivity (Wildman–Crippen MR) is 95.7 cm³/mol. The van der Waals surface area contributed by atoms with E-state index in [9.17, 15) is 0 Å². The van der Waals surface area contributed by atoms with Crippen molar-refractivity contribution in [1.29, 1.82) is 0 Å². The molecule has 118 valence electrons. The lowest BCUT2D eigenvalue weighted by atomic mass is 10.2. The van der Waals surface area contributed by atoms with Crippen molar-refractivity contribution in [1.82, 2.24) is 0 Å². The molecule has 0 spiro atoms. The van der Waals surface area contributed by atoms with Crippen LogP contribution in [-0.4, -0.2) is 19.4 Å². The first-order valence-electron chi connectivity index (χ1n) is 6.96. The molecule has 23 heavy (non-hydrogen) atoms. The number of nitrogens with zero attached hydrogens (tertiary/aromatic N) is 1. The minimum absolute atomic E-state index is 0.110. The third-order valence-electron chi connectivity index (χ3n) is 2.83. The fourth-order valence-electron chi connectivity index (χ4n) is 1.85. The Morgan fingerprint density at radius 3 is 2.35 bits per heavy atom. The SMILES string of the molecule is C#CCOc1c(Cl)cc(C=Nc2ccc(OCC)cc2)cc1Cl. The molecule has 0 atom stereocenters. The molecule has 0 radical (unpaired) electrons. The van der Waals surface area contributed by atoms with Crippen molar-refractivity contribution in [3.8, 4) is 23.8 Å². The van der Waals surface area contributed by atoms with Crippen LogP contribution < -0.4 is 9.47 Å². The second-order valence-corrected chi connectivity index (χ2v) is 5.31. The Bertz CT molecular complexity index is 711. The lowest BCUT2D eigenvalue weighted by Gasteiger charge is -2.08. The molecule has 3 nitrogen and oxygen atoms in total. The van der Waals surface area contributed by atoms with Crippen molar-refractivity contribution in [2.75, 3.05) is 13.2 Å². The molecule has 0 heterocycles. The second-order valence-electron chi connectivity index (χ2n) is 4.49. The summed E-state index contributed by atoms with van der Waals surface area (Å²) in [6, 6.07) is 10.9. The summed E-state index contributed by atoms with van der Waals surface area (Å²) in [7, 11) is 0. The minimum atomic E-state index is 0.110. The zero-order valence-electron chi connectivity index (χ0n) is 12.6. The van der Waals surface area contributed by atoms with Gasteiger partial charge in [-0.1, -0.05) is 29.1 Å². The predicted octanol–water partition coefficient (Wildman–Crippen LogP) is 5.15. The second kappa shape index (κ2) is 8.47. The van der Waals surface area contributed by atoms with E-state index in [1.54, 1.807) is 18.3 Å². The summed E-state index contributed by atoms with van der Waals surface area (Å²) in [6.07, 6.45) is 6.84. The van der Waals surface area contributed by atoms with E-state index in [4.69, 9.17) is 39.1 Å². The highest BCUT2D eigenvalue weighted by Gasteiger charge is 2.08. The Kier molecular flexibility index (Phi) is 6.34. The average Bonchev–Trinajstić information content (AvgIpc) is 2.54. The minimum Gasteiger partial charge on any atom is -0.494 e. The Balaban J connectivity index is 2.14. The molecule has 0 aliphatic carbocycles. The third-order valence-corrected chi connectivity index (χ3v) is 3.39. The zero-order valence-corrected chi connectivity index (χ0v) is 14.1. The van der Waals surface area contributed by atoms with E-state index in [1.807, 2.05) is 31.2 Å². The van der Waals surface area contributed by atoms with E-state index in [2.05, 4.69) is 10.9 Å². The van der Waals surface area contributed by atoms with Crippen molar-refractivity contribution < 1.29 is 9.47 Å². The van der Waals surface area contributed by atoms with Crippen molar-refractivity contribution in [2.45, 2.75) is 6.92 Å². The molecule has 0 aromatic heterocycles. The van der Waals surface area contributed by atoms with Crippen LogP contribution in [0.2, 0.25) is 10.0 Å². The molecule has 0 unspecified atom stereocenters. The molecule has 2 aromatic carbocycles. The highest BCUT2D eigenvalue weighted by atomic mass is 35.5. The number of benzene rings is 2. The molecule has 0 aliphatic heterocycles. The maximum atomic E-state index is 6.15. The van der Waals surface area contributed by atoms with E-state index in [0.717, 1.165) is 17.0 Å². The molecule has 0 saturated carbocycles. The summed E-state index contributed by atoms with van der Waals surface area (Å²) in [6.45, 7) is 2.68. The van der Waals surface area contributed by atoms with Gasteiger partial charge in [0.25, 0.3) is 0 Å². The van der Waals surface area contributed by atoms with Crippen LogP contribution in [0.15, 0.2) is 41.4 Å². The quantitative estimate of drug-likeness (QED) is 0.534. The molecular weight excluding hydrogens is 333 g/mol. The molecule has 0 bridgehead atoms. The van der Waals surface area contributed by atoms with E-state index in [0.29, 0.717) is 22.4 Å². The smallest absolute Gasteiger partial charge is 0.157 e. The highest BCUT2D eigenvalue weighted by Crippen LogP contribution is 2.34. The van der Waals surface area contributed by atoms with Gasteiger partial charge < -0.3 is 9.47 Å². The maximum absolute atomic E-state index is 6.15. The Morgan fingerprint density at radius 1 is 1.13 bits per heavy atom. The van der Waals surface area contributed by atoms with Crippen LogP contribution in [0.4, 0.5) is 5.69 Å². The van der Waals surface area contributed by atoms with Gasteiger partial charge in [-0.3, -0.25) is 4.99 Å². The monoisotopic (exact) mass is 347 g/mol. The number of rotatable bonds is 6. The number of ether oxygens (including phenoxy) is 2. The molecule has 0 amide bonds. The summed E-state index contributed by atoms with van der Waals surface area (Å²) in [5.74, 6) is 3.56. The molecule has 0 aliphatic rings. The first kappa shape index (κ1) is 17.2. The van der Waals surface area contributed by atoms with E-state index in [1.165, 1.54) is 0 Å². The molecule has 0 saturated heterocycles. The first-order valence-corrected chi connectivity index (χ1v) is 7.72. The van der Waals surface area contributed by atoms with Gasteiger partial charge in [-0.15, -0.1) is 6.42 Å². The van der Waals surface area contributed by atoms with Gasteiger partial charge in [0.15, 0.2) is 5.75 Å². The van der Waals surface area contributed by atoms with Gasteiger partial charge in [0.1, 0.15) is 12.4 Å². The number of aliphatic imine (C=N–C) groups is 1. The van der Waals surface area contributed by atoms with Gasteiger partial charge in [-0.25, -0.2) is 0 Å². The molecule has 2 aromatic rings. The van der Waals surface area contributed by atoms with Gasteiger partial charge in [-0.2, -0.15) is 0 Å². The molecule has 2 rings (SSSR count). The summed E-state index contributed by atoms with van der Waals surface area (Å²) >= 11 is 12.3. The van der Waals surface area contributed by atoms with Gasteiger partial charge >= 0.3 is 0 Å². The van der Waals surface area contributed by atoms with Crippen molar-refractivity contribution in [3.63, 3.8) is 0 Å². The maximum Gasteiger partial charge on any atom is 0.157 e. The number of hydrogen-bond donors (Lipinski definition) is 0. The molecule has 5 heteroatoms. The normalized spacial score (nSPS) is 10.5. The summed E-state index contributed by atoms with van der Waals surface area (Å²) in [4.78, 5) is 4.38. The van der Waals surface area contributed by atoms with Crippen LogP contribution in [0.25, 0.3) is 0 Å². The third kappa shape index (κ3) is 4.92. The van der Waals surface area contributed by atoms with Gasteiger partial charge in [0.05, 0.1) is 22.3 Å². The summed E-state index contributed by atoms with van der Waals surface area (Å²) < 4.78 is 10.7. The fourth-order valence-corrected chi connectivity index (χ4v) is 2.46. The van der Waals surface area contributed by atoms with Gasteiger partial charge in [0.2, 0.25) is 0 Å². The van der Waals surface area contributed by atoms with Crippen molar-refractivity contribution in [2.24, 2.45) is 4.99 Å². The largest absolute Gasteiger partial charge is 0.494 e. The van der Waals surface area contributed by atoms with Crippen LogP contribution in [-0.2, 0) is 0 Å². The Morgan fingerprint density at radius 2 is 1.78 bits per heavy atom. The Hall–Kier alpha value is -2.15. The van der Waals surface area contributed by atoms with Gasteiger partial charge in [0, 0.05) is 6.21 Å². The fraction of sp³-hybridized carbons (Fsp3) is 0.167. The number of terminal acetylenes is 1. The standard InChI is InChI=1S/C18H15Cl2NO2/c1-3-9-23-18-16(19)10-13(11-17(18)20)12-21-14-5-7-15(8-6-14)22-4-2/h1,5-8,10-12H,4,9H2,2H3. The summed E-state index contributed by atoms with van der Waals surface area (Å²) in [5, 5.41) is 0.779. The number of hydrogen-bond acceptors (Lipinski definition) is 3. The van der Waals surface area contributed by atoms with Crippen LogP contribution in [0.3, 0.4) is 0 Å². The highest BCUT2D eigenvalue weighted by molar-refractivity contribution is 6.37. The van der Waals surface area contributed by atoms with E-state index >= 15 is 0 Å².